The van der Waals surface area contributed by atoms with Crippen LogP contribution in [0.2, 0.25) is 0 Å². The second-order valence-corrected chi connectivity index (χ2v) is 4.29. The Labute approximate surface area is 97.6 Å². The molecule has 1 amide bonds. The first-order valence-corrected chi connectivity index (χ1v) is 6.55. The van der Waals surface area contributed by atoms with Gasteiger partial charge in [0.25, 0.3) is 0 Å². The fourth-order valence-corrected chi connectivity index (χ4v) is 1.21. The normalized spacial score (nSPS) is 11.4. The molecule has 1 atom stereocenters. The molecule has 0 spiro atoms. The lowest BCUT2D eigenvalue weighted by atomic mass is 10.2. The van der Waals surface area contributed by atoms with E-state index in [9.17, 15) is 9.59 Å². The summed E-state index contributed by atoms with van der Waals surface area (Å²) in [5.74, 6) is 0.0291. The lowest BCUT2D eigenvalue weighted by Crippen LogP contribution is -2.34. The summed E-state index contributed by atoms with van der Waals surface area (Å²) in [5.41, 5.74) is 0. The zero-order valence-electron chi connectivity index (χ0n) is 10.6. The molecule has 0 aromatic carbocycles. The average Bonchev–Trinajstić information content (AvgIpc) is 2.26. The monoisotopic (exact) mass is 233 g/mol. The fourth-order valence-electron chi connectivity index (χ4n) is 0.791. The van der Waals surface area contributed by atoms with Crippen LogP contribution < -0.4 is 0 Å². The maximum absolute atomic E-state index is 11.5. The zero-order chi connectivity index (χ0) is 12.4. The Bertz CT molecular complexity index is 183. The summed E-state index contributed by atoms with van der Waals surface area (Å²) in [6.45, 7) is 7.90. The highest BCUT2D eigenvalue weighted by molar-refractivity contribution is 7.99. The molecule has 0 radical (unpaired) electrons. The van der Waals surface area contributed by atoms with Crippen molar-refractivity contribution in [2.24, 2.45) is 0 Å². The van der Waals surface area contributed by atoms with E-state index in [1.54, 1.807) is 11.9 Å². The first-order chi connectivity index (χ1) is 7.02. The molecule has 0 heterocycles. The van der Waals surface area contributed by atoms with E-state index in [4.69, 9.17) is 0 Å². The van der Waals surface area contributed by atoms with Crippen molar-refractivity contribution in [1.29, 1.82) is 0 Å². The molecule has 0 rings (SSSR count). The van der Waals surface area contributed by atoms with Gasteiger partial charge in [0.2, 0.25) is 5.91 Å². The van der Waals surface area contributed by atoms with Gasteiger partial charge in [-0.3, -0.25) is 4.79 Å². The van der Waals surface area contributed by atoms with E-state index in [1.807, 2.05) is 34.0 Å². The van der Waals surface area contributed by atoms with Gasteiger partial charge < -0.3 is 9.69 Å². The third kappa shape index (κ3) is 7.42. The van der Waals surface area contributed by atoms with Gasteiger partial charge in [-0.15, -0.1) is 0 Å². The summed E-state index contributed by atoms with van der Waals surface area (Å²) in [5, 5.41) is -0.200. The second kappa shape index (κ2) is 10.0. The number of carbonyl (C=O) groups excluding carboxylic acids is 2. The van der Waals surface area contributed by atoms with Crippen LogP contribution in [0, 0.1) is 0 Å². The van der Waals surface area contributed by atoms with Crippen LogP contribution in [-0.2, 0) is 9.59 Å². The lowest BCUT2D eigenvalue weighted by molar-refractivity contribution is -0.132. The third-order valence-electron chi connectivity index (χ3n) is 2.00. The van der Waals surface area contributed by atoms with Crippen LogP contribution in [0.3, 0.4) is 0 Å². The van der Waals surface area contributed by atoms with Gasteiger partial charge in [0, 0.05) is 19.5 Å². The highest BCUT2D eigenvalue weighted by Crippen LogP contribution is 2.10. The highest BCUT2D eigenvalue weighted by atomic mass is 32.2. The Kier molecular flexibility index (Phi) is 11.3. The number of rotatable bonds is 5. The number of hydrogen-bond acceptors (Lipinski definition) is 3. The van der Waals surface area contributed by atoms with E-state index in [2.05, 4.69) is 0 Å². The van der Waals surface area contributed by atoms with E-state index in [0.29, 0.717) is 6.42 Å². The van der Waals surface area contributed by atoms with Gasteiger partial charge in [0.15, 0.2) is 0 Å². The molecule has 0 saturated heterocycles. The number of nitrogens with zero attached hydrogens (tertiary/aromatic N) is 1. The van der Waals surface area contributed by atoms with Crippen LogP contribution in [0.25, 0.3) is 0 Å². The minimum Gasteiger partial charge on any atom is -0.343 e. The molecule has 1 unspecified atom stereocenters. The van der Waals surface area contributed by atoms with Crippen molar-refractivity contribution in [2.45, 2.75) is 45.4 Å². The number of amides is 1. The molecule has 4 heteroatoms. The Morgan fingerprint density at radius 2 is 1.87 bits per heavy atom. The summed E-state index contributed by atoms with van der Waals surface area (Å²) in [6, 6.07) is 0.196. The molecule has 15 heavy (non-hydrogen) atoms. The molecule has 0 fully saturated rings. The number of aldehydes is 1. The minimum absolute atomic E-state index is 0.0291. The fraction of sp³-hybridized carbons (Fsp3) is 0.818. The molecular formula is C11H23NO2S. The van der Waals surface area contributed by atoms with Gasteiger partial charge in [-0.1, -0.05) is 13.8 Å². The molecular weight excluding hydrogens is 210 g/mol. The van der Waals surface area contributed by atoms with Crippen LogP contribution >= 0.6 is 11.8 Å². The molecule has 0 aromatic rings. The summed E-state index contributed by atoms with van der Waals surface area (Å²) in [6.07, 6.45) is 2.97. The Morgan fingerprint density at radius 3 is 2.13 bits per heavy atom. The lowest BCUT2D eigenvalue weighted by Gasteiger charge is -2.22. The van der Waals surface area contributed by atoms with E-state index < -0.39 is 0 Å². The highest BCUT2D eigenvalue weighted by Gasteiger charge is 2.16. The Hall–Kier alpha value is -0.510. The Balaban J connectivity index is 0. The van der Waals surface area contributed by atoms with E-state index >= 15 is 0 Å². The van der Waals surface area contributed by atoms with Crippen molar-refractivity contribution in [2.75, 3.05) is 13.3 Å². The van der Waals surface area contributed by atoms with E-state index in [0.717, 1.165) is 6.29 Å². The van der Waals surface area contributed by atoms with Gasteiger partial charge in [-0.25, -0.2) is 0 Å². The maximum Gasteiger partial charge on any atom is 0.224 e. The predicted molar refractivity (Wildman–Crippen MR) is 67.2 cm³/mol. The largest absolute Gasteiger partial charge is 0.343 e. The number of thioether (sulfide) groups is 1. The Morgan fingerprint density at radius 1 is 1.40 bits per heavy atom. The van der Waals surface area contributed by atoms with Gasteiger partial charge in [-0.2, -0.15) is 11.8 Å². The van der Waals surface area contributed by atoms with E-state index in [1.165, 1.54) is 11.8 Å². The van der Waals surface area contributed by atoms with Crippen molar-refractivity contribution in [1.82, 2.24) is 4.90 Å². The maximum atomic E-state index is 11.5. The van der Waals surface area contributed by atoms with Crippen molar-refractivity contribution >= 4 is 24.0 Å². The van der Waals surface area contributed by atoms with Crippen LogP contribution in [-0.4, -0.2) is 41.7 Å². The quantitative estimate of drug-likeness (QED) is 0.683. The predicted octanol–water partition coefficient (Wildman–Crippen LogP) is 2.20. The zero-order valence-corrected chi connectivity index (χ0v) is 11.4. The van der Waals surface area contributed by atoms with Crippen LogP contribution in [0.1, 0.15) is 34.1 Å². The SMILES string of the molecule is CC.CSC(C=O)CC(=O)N(C)C(C)C. The molecule has 0 aromatic heterocycles. The van der Waals surface area contributed by atoms with Gasteiger partial charge in [0.1, 0.15) is 6.29 Å². The van der Waals surface area contributed by atoms with Gasteiger partial charge in [-0.05, 0) is 20.1 Å². The summed E-state index contributed by atoms with van der Waals surface area (Å²) >= 11 is 1.41. The van der Waals surface area contributed by atoms with Crippen LogP contribution in [0.15, 0.2) is 0 Å². The molecule has 3 nitrogen and oxygen atoms in total. The summed E-state index contributed by atoms with van der Waals surface area (Å²) in [4.78, 5) is 23.6. The smallest absolute Gasteiger partial charge is 0.224 e. The first kappa shape index (κ1) is 16.9. The molecule has 0 aliphatic carbocycles. The average molecular weight is 233 g/mol. The first-order valence-electron chi connectivity index (χ1n) is 5.26. The molecule has 0 aliphatic rings. The molecule has 0 bridgehead atoms. The second-order valence-electron chi connectivity index (χ2n) is 3.21. The number of hydrogen-bond donors (Lipinski definition) is 0. The third-order valence-corrected chi connectivity index (χ3v) is 2.88. The van der Waals surface area contributed by atoms with Crippen molar-refractivity contribution in [3.8, 4) is 0 Å². The van der Waals surface area contributed by atoms with Crippen molar-refractivity contribution in [3.63, 3.8) is 0 Å². The number of carbonyl (C=O) groups is 2. The summed E-state index contributed by atoms with van der Waals surface area (Å²) < 4.78 is 0. The van der Waals surface area contributed by atoms with Crippen molar-refractivity contribution in [3.05, 3.63) is 0 Å². The molecule has 90 valence electrons. The molecule has 0 saturated carbocycles. The van der Waals surface area contributed by atoms with E-state index in [-0.39, 0.29) is 17.2 Å². The topological polar surface area (TPSA) is 37.4 Å². The van der Waals surface area contributed by atoms with Gasteiger partial charge >= 0.3 is 0 Å². The molecule has 0 aliphatic heterocycles. The summed E-state index contributed by atoms with van der Waals surface area (Å²) in [7, 11) is 1.76. The van der Waals surface area contributed by atoms with Crippen LogP contribution in [0.5, 0.6) is 0 Å². The van der Waals surface area contributed by atoms with Crippen LogP contribution in [0.4, 0.5) is 0 Å². The minimum atomic E-state index is -0.200. The van der Waals surface area contributed by atoms with Crippen molar-refractivity contribution < 1.29 is 9.59 Å². The molecule has 0 N–H and O–H groups in total. The standard InChI is InChI=1S/C9H17NO2S.C2H6/c1-7(2)10(3)9(12)5-8(6-11)13-4;1-2/h6-8H,5H2,1-4H3;1-2H3. The van der Waals surface area contributed by atoms with Gasteiger partial charge in [0.05, 0.1) is 5.25 Å².